The van der Waals surface area contributed by atoms with E-state index in [1.165, 1.54) is 38.0 Å². The van der Waals surface area contributed by atoms with Crippen molar-refractivity contribution in [2.45, 2.75) is 70.5 Å². The highest BCUT2D eigenvalue weighted by atomic mass is 35.5. The molecule has 50 heavy (non-hydrogen) atoms. The summed E-state index contributed by atoms with van der Waals surface area (Å²) < 4.78 is 55.4. The van der Waals surface area contributed by atoms with E-state index in [-0.39, 0.29) is 33.4 Å². The van der Waals surface area contributed by atoms with E-state index in [2.05, 4.69) is 15.4 Å². The Morgan fingerprint density at radius 3 is 1.54 bits per heavy atom. The van der Waals surface area contributed by atoms with E-state index in [1.807, 2.05) is 0 Å². The average molecular weight is 770 g/mol. The Morgan fingerprint density at radius 1 is 0.760 bits per heavy atom. The van der Waals surface area contributed by atoms with Crippen LogP contribution in [0.4, 0.5) is 46.0 Å². The van der Waals surface area contributed by atoms with E-state index >= 15 is 0 Å². The van der Waals surface area contributed by atoms with Gasteiger partial charge in [-0.3, -0.25) is 25.0 Å². The highest BCUT2D eigenvalue weighted by Gasteiger charge is 2.26. The lowest BCUT2D eigenvalue weighted by molar-refractivity contribution is -0.387. The Labute approximate surface area is 299 Å². The summed E-state index contributed by atoms with van der Waals surface area (Å²) in [5, 5.41) is 26.3. The fourth-order valence-corrected chi connectivity index (χ4v) is 3.81. The maximum atomic E-state index is 13.0. The summed E-state index contributed by atoms with van der Waals surface area (Å²) in [6, 6.07) is 7.21. The Hall–Kier alpha value is -4.12. The zero-order chi connectivity index (χ0) is 37.7. The van der Waals surface area contributed by atoms with Crippen LogP contribution in [-0.2, 0) is 9.53 Å². The van der Waals surface area contributed by atoms with Gasteiger partial charge in [-0.15, -0.1) is 0 Å². The molecule has 6 N–H and O–H groups in total. The molecule has 19 heteroatoms. The molecule has 0 unspecified atom stereocenters. The molecule has 6 rings (SSSR count). The number of nitro benzene ring substituents is 2. The summed E-state index contributed by atoms with van der Waals surface area (Å²) in [4.78, 5) is 28.9. The molecule has 0 amide bonds. The minimum Gasteiger partial charge on any atom is -0.466 e. The van der Waals surface area contributed by atoms with Gasteiger partial charge in [0, 0.05) is 37.2 Å². The molecule has 3 aliphatic carbocycles. The van der Waals surface area contributed by atoms with Crippen LogP contribution in [-0.4, -0.2) is 40.5 Å². The minimum atomic E-state index is -1.15. The van der Waals surface area contributed by atoms with Crippen molar-refractivity contribution in [1.82, 2.24) is 0 Å². The number of esters is 1. The molecule has 0 heterocycles. The number of halogens is 7. The number of rotatable bonds is 7. The maximum absolute atomic E-state index is 13.0. The lowest BCUT2D eigenvalue weighted by Crippen LogP contribution is -2.04. The monoisotopic (exact) mass is 768 g/mol. The standard InChI is InChI=1S/C9H8ClFN2O2.C9H10ClFN2.C6H2ClF2NO2.C4H8O2.C3H7N/c10-6-3-8(12-5-1-2-5)9(13(14)15)4-7(6)11;10-6-3-9(13-5-1-2-5)8(12)4-7(6)11;7-3-1-5(9)6(10(11)12)2-4(3)8;1-3-6-4(2)5;4-3-1-2-3/h3-5,12H,1-2H2;3-5,13H,1-2,12H2;1-2H;3H2,1-2H3;3H,1-2,4H2. The number of ether oxygens (including phenoxy) is 1. The molecule has 12 nitrogen and oxygen atoms in total. The van der Waals surface area contributed by atoms with Crippen molar-refractivity contribution < 1.29 is 36.9 Å². The van der Waals surface area contributed by atoms with Gasteiger partial charge in [-0.25, -0.2) is 13.2 Å². The maximum Gasteiger partial charge on any atom is 0.307 e. The van der Waals surface area contributed by atoms with Gasteiger partial charge in [-0.1, -0.05) is 34.8 Å². The van der Waals surface area contributed by atoms with Crippen LogP contribution in [0.2, 0.25) is 15.1 Å². The van der Waals surface area contributed by atoms with Crippen molar-refractivity contribution >= 4 is 69.2 Å². The van der Waals surface area contributed by atoms with Gasteiger partial charge < -0.3 is 26.8 Å². The molecule has 0 saturated heterocycles. The number of nitrogens with one attached hydrogen (secondary N) is 2. The first kappa shape index (κ1) is 42.0. The molecule has 3 fully saturated rings. The van der Waals surface area contributed by atoms with Gasteiger partial charge in [-0.05, 0) is 57.6 Å². The third-order valence-corrected chi connectivity index (χ3v) is 7.23. The zero-order valence-electron chi connectivity index (χ0n) is 26.8. The minimum absolute atomic E-state index is 0.108. The number of hydrogen-bond acceptors (Lipinski definition) is 10. The van der Waals surface area contributed by atoms with E-state index in [9.17, 15) is 42.6 Å². The van der Waals surface area contributed by atoms with Crippen molar-refractivity contribution in [3.8, 4) is 0 Å². The van der Waals surface area contributed by atoms with Crippen LogP contribution in [0.1, 0.15) is 52.4 Å². The van der Waals surface area contributed by atoms with Crippen molar-refractivity contribution in [2.75, 3.05) is 23.0 Å². The van der Waals surface area contributed by atoms with Crippen molar-refractivity contribution in [3.63, 3.8) is 0 Å². The predicted octanol–water partition coefficient (Wildman–Crippen LogP) is 8.80. The normalized spacial score (nSPS) is 14.0. The zero-order valence-corrected chi connectivity index (χ0v) is 29.1. The molecule has 3 aromatic carbocycles. The number of benzene rings is 3. The molecule has 3 aliphatic rings. The molecule has 274 valence electrons. The van der Waals surface area contributed by atoms with Crippen molar-refractivity contribution in [1.29, 1.82) is 0 Å². The second-order valence-electron chi connectivity index (χ2n) is 11.0. The number of hydrogen-bond donors (Lipinski definition) is 4. The smallest absolute Gasteiger partial charge is 0.307 e. The molecule has 0 bridgehead atoms. The van der Waals surface area contributed by atoms with Gasteiger partial charge >= 0.3 is 11.7 Å². The molecule has 0 radical (unpaired) electrons. The predicted molar refractivity (Wildman–Crippen MR) is 185 cm³/mol. The van der Waals surface area contributed by atoms with E-state index in [1.54, 1.807) is 6.92 Å². The van der Waals surface area contributed by atoms with Crippen LogP contribution in [0.5, 0.6) is 0 Å². The number of nitrogen functional groups attached to an aromatic ring is 1. The summed E-state index contributed by atoms with van der Waals surface area (Å²) in [5.74, 6) is -3.61. The first-order valence-corrected chi connectivity index (χ1v) is 16.2. The molecule has 3 aromatic rings. The fourth-order valence-electron chi connectivity index (χ4n) is 3.34. The van der Waals surface area contributed by atoms with Gasteiger partial charge in [0.25, 0.3) is 5.69 Å². The molecule has 0 aliphatic heterocycles. The number of nitrogens with two attached hydrogens (primary N) is 2. The third-order valence-electron chi connectivity index (χ3n) is 6.36. The second-order valence-corrected chi connectivity index (χ2v) is 12.2. The quantitative estimate of drug-likeness (QED) is 0.0451. The average Bonchev–Trinajstić information content (AvgIpc) is 3.87. The van der Waals surface area contributed by atoms with E-state index in [4.69, 9.17) is 46.3 Å². The van der Waals surface area contributed by atoms with Crippen LogP contribution in [0, 0.1) is 43.5 Å². The molecule has 0 atom stereocenters. The van der Waals surface area contributed by atoms with Crippen LogP contribution >= 0.6 is 34.8 Å². The van der Waals surface area contributed by atoms with Gasteiger partial charge in [0.2, 0.25) is 5.82 Å². The van der Waals surface area contributed by atoms with Gasteiger partial charge in [0.15, 0.2) is 0 Å². The number of nitrogens with zero attached hydrogens (tertiary/aromatic N) is 2. The molecule has 3 saturated carbocycles. The van der Waals surface area contributed by atoms with Crippen molar-refractivity contribution in [2.24, 2.45) is 5.73 Å². The van der Waals surface area contributed by atoms with E-state index in [0.717, 1.165) is 37.4 Å². The van der Waals surface area contributed by atoms with Gasteiger partial charge in [-0.2, -0.15) is 4.39 Å². The van der Waals surface area contributed by atoms with E-state index in [0.29, 0.717) is 36.5 Å². The van der Waals surface area contributed by atoms with Crippen LogP contribution in [0.3, 0.4) is 0 Å². The molecular formula is C31H35Cl3F4N6O6. The Balaban J connectivity index is 0.000000230. The van der Waals surface area contributed by atoms with Gasteiger partial charge in [0.05, 0.1) is 55.0 Å². The summed E-state index contributed by atoms with van der Waals surface area (Å²) in [7, 11) is 0. The first-order chi connectivity index (χ1) is 23.4. The molecular weight excluding hydrogens is 735 g/mol. The second kappa shape index (κ2) is 19.9. The SMILES string of the molecule is CCOC(C)=O.NC1CC1.Nc1cc(F)c(Cl)cc1NC1CC1.O=[N+]([O-])c1cc(F)c(Cl)cc1F.O=[N+]([O-])c1cc(F)c(Cl)cc1NC1CC1. The lowest BCUT2D eigenvalue weighted by atomic mass is 10.2. The largest absolute Gasteiger partial charge is 0.466 e. The summed E-state index contributed by atoms with van der Waals surface area (Å²) in [6.45, 7) is 3.65. The number of carbonyl (C=O) groups excluding carboxylic acids is 1. The molecule has 0 aromatic heterocycles. The van der Waals surface area contributed by atoms with Crippen LogP contribution in [0.25, 0.3) is 0 Å². The third kappa shape index (κ3) is 15.6. The number of nitro groups is 2. The fraction of sp³-hybridized carbons (Fsp3) is 0.387. The number of carbonyl (C=O) groups is 1. The molecule has 0 spiro atoms. The van der Waals surface area contributed by atoms with E-state index < -0.39 is 43.8 Å². The Bertz CT molecular complexity index is 1660. The van der Waals surface area contributed by atoms with Crippen LogP contribution < -0.4 is 22.1 Å². The topological polar surface area (TPSA) is 189 Å². The van der Waals surface area contributed by atoms with Gasteiger partial charge in [0.1, 0.15) is 23.1 Å². The van der Waals surface area contributed by atoms with Crippen LogP contribution in [0.15, 0.2) is 36.4 Å². The summed E-state index contributed by atoms with van der Waals surface area (Å²) in [5.41, 5.74) is 11.1. The first-order valence-electron chi connectivity index (χ1n) is 15.0. The number of anilines is 3. The summed E-state index contributed by atoms with van der Waals surface area (Å²) >= 11 is 16.3. The Morgan fingerprint density at radius 2 is 1.16 bits per heavy atom. The summed E-state index contributed by atoms with van der Waals surface area (Å²) in [6.07, 6.45) is 6.78. The Kier molecular flexibility index (Phi) is 16.7. The van der Waals surface area contributed by atoms with Crippen molar-refractivity contribution in [3.05, 3.63) is 95.0 Å². The highest BCUT2D eigenvalue weighted by molar-refractivity contribution is 6.31. The lowest BCUT2D eigenvalue weighted by Gasteiger charge is -2.08. The highest BCUT2D eigenvalue weighted by Crippen LogP contribution is 2.34.